The SMILES string of the molecule is CCCCCc1ccc(S(=O)(=O)NC2(CC(=O)O)CCCN(C)C2)cc1. The third-order valence-electron chi connectivity index (χ3n) is 4.91. The third-order valence-corrected chi connectivity index (χ3v) is 6.51. The standard InChI is InChI=1S/C19H30N2O4S/c1-3-4-5-7-16-8-10-17(11-9-16)26(24,25)20-19(14-18(22)23)12-6-13-21(2)15-19/h8-11,20H,3-7,12-15H2,1-2H3,(H,22,23). The summed E-state index contributed by atoms with van der Waals surface area (Å²) in [6, 6.07) is 6.93. The molecule has 6 nitrogen and oxygen atoms in total. The predicted molar refractivity (Wildman–Crippen MR) is 102 cm³/mol. The van der Waals surface area contributed by atoms with E-state index in [4.69, 9.17) is 0 Å². The van der Waals surface area contributed by atoms with E-state index in [1.807, 2.05) is 24.1 Å². The average Bonchev–Trinajstić information content (AvgIpc) is 2.54. The Hall–Kier alpha value is -1.44. The topological polar surface area (TPSA) is 86.7 Å². The molecule has 1 atom stereocenters. The van der Waals surface area contributed by atoms with Gasteiger partial charge in [-0.1, -0.05) is 31.9 Å². The number of rotatable bonds is 9. The number of hydrogen-bond donors (Lipinski definition) is 2. The molecule has 7 heteroatoms. The molecule has 0 radical (unpaired) electrons. The van der Waals surface area contributed by atoms with Crippen LogP contribution in [-0.2, 0) is 21.2 Å². The Morgan fingerprint density at radius 3 is 2.54 bits per heavy atom. The van der Waals surface area contributed by atoms with E-state index in [0.717, 1.165) is 44.2 Å². The van der Waals surface area contributed by atoms with Gasteiger partial charge in [-0.15, -0.1) is 0 Å². The molecule has 1 saturated heterocycles. The van der Waals surface area contributed by atoms with Gasteiger partial charge < -0.3 is 10.0 Å². The van der Waals surface area contributed by atoms with Crippen molar-refractivity contribution in [1.29, 1.82) is 0 Å². The number of piperidine rings is 1. The van der Waals surface area contributed by atoms with Crippen LogP contribution in [0.1, 0.15) is 51.0 Å². The summed E-state index contributed by atoms with van der Waals surface area (Å²) >= 11 is 0. The smallest absolute Gasteiger partial charge is 0.305 e. The normalized spacial score (nSPS) is 21.6. The molecule has 1 unspecified atom stereocenters. The summed E-state index contributed by atoms with van der Waals surface area (Å²) in [4.78, 5) is 13.5. The minimum absolute atomic E-state index is 0.190. The first-order chi connectivity index (χ1) is 12.3. The van der Waals surface area contributed by atoms with E-state index in [0.29, 0.717) is 13.0 Å². The Labute approximate surface area is 156 Å². The fourth-order valence-corrected chi connectivity index (χ4v) is 5.09. The van der Waals surface area contributed by atoms with Crippen LogP contribution in [0.2, 0.25) is 0 Å². The minimum atomic E-state index is -3.77. The van der Waals surface area contributed by atoms with Crippen molar-refractivity contribution in [3.8, 4) is 0 Å². The van der Waals surface area contributed by atoms with Gasteiger partial charge in [-0.2, -0.15) is 0 Å². The zero-order valence-corrected chi connectivity index (χ0v) is 16.5. The number of carboxylic acids is 1. The number of nitrogens with zero attached hydrogens (tertiary/aromatic N) is 1. The molecule has 1 aliphatic heterocycles. The molecule has 1 aromatic carbocycles. The van der Waals surface area contributed by atoms with E-state index in [-0.39, 0.29) is 11.3 Å². The second-order valence-corrected chi connectivity index (χ2v) is 9.08. The van der Waals surface area contributed by atoms with Crippen molar-refractivity contribution in [1.82, 2.24) is 9.62 Å². The molecule has 0 bridgehead atoms. The number of nitrogens with one attached hydrogen (secondary N) is 1. The second-order valence-electron chi connectivity index (χ2n) is 7.40. The molecule has 146 valence electrons. The van der Waals surface area contributed by atoms with Crippen LogP contribution in [0.5, 0.6) is 0 Å². The van der Waals surface area contributed by atoms with Gasteiger partial charge in [0, 0.05) is 6.54 Å². The molecule has 0 spiro atoms. The molecule has 1 fully saturated rings. The van der Waals surface area contributed by atoms with Crippen molar-refractivity contribution < 1.29 is 18.3 Å². The first kappa shape index (κ1) is 20.9. The molecule has 1 heterocycles. The monoisotopic (exact) mass is 382 g/mol. The summed E-state index contributed by atoms with van der Waals surface area (Å²) in [5.41, 5.74) is 0.160. The summed E-state index contributed by atoms with van der Waals surface area (Å²) in [6.07, 6.45) is 5.42. The van der Waals surface area contributed by atoms with Gasteiger partial charge in [-0.3, -0.25) is 4.79 Å². The number of likely N-dealkylation sites (tertiary alicyclic amines) is 1. The lowest BCUT2D eigenvalue weighted by Crippen LogP contribution is -2.58. The van der Waals surface area contributed by atoms with Gasteiger partial charge in [-0.05, 0) is 57.0 Å². The lowest BCUT2D eigenvalue weighted by Gasteiger charge is -2.40. The van der Waals surface area contributed by atoms with Gasteiger partial charge in [0.25, 0.3) is 0 Å². The van der Waals surface area contributed by atoms with Crippen molar-refractivity contribution in [2.75, 3.05) is 20.1 Å². The summed E-state index contributed by atoms with van der Waals surface area (Å²) in [5.74, 6) is -0.991. The first-order valence-electron chi connectivity index (χ1n) is 9.30. The maximum Gasteiger partial charge on any atom is 0.305 e. The molecule has 0 aliphatic carbocycles. The number of aryl methyl sites for hydroxylation is 1. The summed E-state index contributed by atoms with van der Waals surface area (Å²) in [5, 5.41) is 9.27. The number of aliphatic carboxylic acids is 1. The van der Waals surface area contributed by atoms with Crippen LogP contribution in [0.25, 0.3) is 0 Å². The van der Waals surface area contributed by atoms with Gasteiger partial charge in [0.15, 0.2) is 0 Å². The number of likely N-dealkylation sites (N-methyl/N-ethyl adjacent to an activating group) is 1. The maximum absolute atomic E-state index is 12.8. The fourth-order valence-electron chi connectivity index (χ4n) is 3.67. The highest BCUT2D eigenvalue weighted by Gasteiger charge is 2.40. The molecule has 2 rings (SSSR count). The summed E-state index contributed by atoms with van der Waals surface area (Å²) in [7, 11) is -1.89. The van der Waals surface area contributed by atoms with E-state index < -0.39 is 21.5 Å². The van der Waals surface area contributed by atoms with Crippen molar-refractivity contribution in [3.63, 3.8) is 0 Å². The van der Waals surface area contributed by atoms with Crippen LogP contribution in [-0.4, -0.2) is 50.1 Å². The Morgan fingerprint density at radius 1 is 1.27 bits per heavy atom. The highest BCUT2D eigenvalue weighted by molar-refractivity contribution is 7.89. The van der Waals surface area contributed by atoms with Crippen LogP contribution in [0, 0.1) is 0 Å². The van der Waals surface area contributed by atoms with E-state index in [9.17, 15) is 18.3 Å². The molecule has 2 N–H and O–H groups in total. The molecule has 0 saturated carbocycles. The lowest BCUT2D eigenvalue weighted by atomic mass is 9.87. The summed E-state index contributed by atoms with van der Waals surface area (Å²) < 4.78 is 28.4. The van der Waals surface area contributed by atoms with Gasteiger partial charge in [0.1, 0.15) is 0 Å². The Bertz CT molecular complexity index is 703. The van der Waals surface area contributed by atoms with Crippen LogP contribution < -0.4 is 4.72 Å². The van der Waals surface area contributed by atoms with Crippen LogP contribution >= 0.6 is 0 Å². The number of sulfonamides is 1. The Morgan fingerprint density at radius 2 is 1.96 bits per heavy atom. The quantitative estimate of drug-likeness (QED) is 0.641. The zero-order valence-electron chi connectivity index (χ0n) is 15.7. The van der Waals surface area contributed by atoms with Gasteiger partial charge in [0.05, 0.1) is 16.9 Å². The fraction of sp³-hybridized carbons (Fsp3) is 0.632. The van der Waals surface area contributed by atoms with Gasteiger partial charge in [0.2, 0.25) is 10.0 Å². The highest BCUT2D eigenvalue weighted by atomic mass is 32.2. The molecule has 1 aliphatic rings. The molecule has 0 aromatic heterocycles. The van der Waals surface area contributed by atoms with Gasteiger partial charge >= 0.3 is 5.97 Å². The molecular weight excluding hydrogens is 352 g/mol. The second kappa shape index (κ2) is 8.97. The number of benzene rings is 1. The van der Waals surface area contributed by atoms with E-state index in [1.165, 1.54) is 0 Å². The Kier molecular flexibility index (Phi) is 7.20. The molecule has 0 amide bonds. The largest absolute Gasteiger partial charge is 0.481 e. The van der Waals surface area contributed by atoms with Crippen molar-refractivity contribution in [2.45, 2.75) is 62.3 Å². The Balaban J connectivity index is 2.15. The number of carbonyl (C=O) groups is 1. The van der Waals surface area contributed by atoms with Crippen molar-refractivity contribution in [3.05, 3.63) is 29.8 Å². The lowest BCUT2D eigenvalue weighted by molar-refractivity contribution is -0.139. The van der Waals surface area contributed by atoms with Crippen LogP contribution in [0.4, 0.5) is 0 Å². The van der Waals surface area contributed by atoms with Gasteiger partial charge in [-0.25, -0.2) is 13.1 Å². The maximum atomic E-state index is 12.8. The van der Waals surface area contributed by atoms with E-state index in [2.05, 4.69) is 11.6 Å². The zero-order chi connectivity index (χ0) is 19.2. The predicted octanol–water partition coefficient (Wildman–Crippen LogP) is 2.64. The molecule has 26 heavy (non-hydrogen) atoms. The summed E-state index contributed by atoms with van der Waals surface area (Å²) in [6.45, 7) is 3.39. The number of carboxylic acid groups (broad SMARTS) is 1. The van der Waals surface area contributed by atoms with Crippen molar-refractivity contribution >= 4 is 16.0 Å². The van der Waals surface area contributed by atoms with E-state index >= 15 is 0 Å². The number of hydrogen-bond acceptors (Lipinski definition) is 4. The van der Waals surface area contributed by atoms with Crippen LogP contribution in [0.3, 0.4) is 0 Å². The average molecular weight is 383 g/mol. The van der Waals surface area contributed by atoms with Crippen molar-refractivity contribution in [2.24, 2.45) is 0 Å². The molecular formula is C19H30N2O4S. The number of unbranched alkanes of at least 4 members (excludes halogenated alkanes) is 2. The molecule has 1 aromatic rings. The minimum Gasteiger partial charge on any atom is -0.481 e. The third kappa shape index (κ3) is 5.79. The first-order valence-corrected chi connectivity index (χ1v) is 10.8. The van der Waals surface area contributed by atoms with E-state index in [1.54, 1.807) is 12.1 Å². The highest BCUT2D eigenvalue weighted by Crippen LogP contribution is 2.27. The van der Waals surface area contributed by atoms with Crippen LogP contribution in [0.15, 0.2) is 29.2 Å².